The van der Waals surface area contributed by atoms with E-state index in [4.69, 9.17) is 4.74 Å². The Morgan fingerprint density at radius 3 is 2.50 bits per heavy atom. The van der Waals surface area contributed by atoms with Gasteiger partial charge in [-0.2, -0.15) is 0 Å². The standard InChI is InChI=1S/C16H33NO/c1-3-5-6-7-10-15(9-4-2)11-8-12-16-13-18-14-17-16/h15-17H,3-14H2,1-2H3. The molecule has 1 fully saturated rings. The van der Waals surface area contributed by atoms with Crippen molar-refractivity contribution in [3.63, 3.8) is 0 Å². The van der Waals surface area contributed by atoms with Crippen molar-refractivity contribution in [1.29, 1.82) is 0 Å². The lowest BCUT2D eigenvalue weighted by Crippen LogP contribution is -2.23. The van der Waals surface area contributed by atoms with Crippen LogP contribution in [0.4, 0.5) is 0 Å². The molecule has 1 heterocycles. The summed E-state index contributed by atoms with van der Waals surface area (Å²) in [7, 11) is 0. The van der Waals surface area contributed by atoms with E-state index in [1.807, 2.05) is 0 Å². The monoisotopic (exact) mass is 255 g/mol. The summed E-state index contributed by atoms with van der Waals surface area (Å²) in [4.78, 5) is 0. The Bertz CT molecular complexity index is 178. The molecular weight excluding hydrogens is 222 g/mol. The molecule has 1 aliphatic heterocycles. The van der Waals surface area contributed by atoms with E-state index in [-0.39, 0.29) is 0 Å². The molecule has 1 N–H and O–H groups in total. The number of hydrogen-bond acceptors (Lipinski definition) is 2. The van der Waals surface area contributed by atoms with Gasteiger partial charge < -0.3 is 4.74 Å². The van der Waals surface area contributed by atoms with Crippen LogP contribution in [0.3, 0.4) is 0 Å². The first kappa shape index (κ1) is 16.0. The van der Waals surface area contributed by atoms with Gasteiger partial charge in [0.25, 0.3) is 0 Å². The summed E-state index contributed by atoms with van der Waals surface area (Å²) < 4.78 is 5.34. The highest BCUT2D eigenvalue weighted by molar-refractivity contribution is 4.70. The van der Waals surface area contributed by atoms with Crippen LogP contribution in [0, 0.1) is 5.92 Å². The van der Waals surface area contributed by atoms with Gasteiger partial charge in [-0.1, -0.05) is 71.6 Å². The largest absolute Gasteiger partial charge is 0.365 e. The van der Waals surface area contributed by atoms with E-state index in [2.05, 4.69) is 19.2 Å². The van der Waals surface area contributed by atoms with Gasteiger partial charge in [0.1, 0.15) is 0 Å². The van der Waals surface area contributed by atoms with E-state index < -0.39 is 0 Å². The number of rotatable bonds is 11. The highest BCUT2D eigenvalue weighted by atomic mass is 16.5. The molecule has 0 saturated carbocycles. The van der Waals surface area contributed by atoms with Gasteiger partial charge in [-0.05, 0) is 12.3 Å². The summed E-state index contributed by atoms with van der Waals surface area (Å²) >= 11 is 0. The van der Waals surface area contributed by atoms with Crippen LogP contribution < -0.4 is 5.32 Å². The van der Waals surface area contributed by atoms with Crippen molar-refractivity contribution in [3.8, 4) is 0 Å². The maximum atomic E-state index is 5.34. The second kappa shape index (κ2) is 10.8. The van der Waals surface area contributed by atoms with Crippen molar-refractivity contribution in [2.75, 3.05) is 13.3 Å². The van der Waals surface area contributed by atoms with Crippen LogP contribution in [0.5, 0.6) is 0 Å². The summed E-state index contributed by atoms with van der Waals surface area (Å²) in [6, 6.07) is 0.632. The van der Waals surface area contributed by atoms with E-state index in [1.165, 1.54) is 64.2 Å². The molecule has 0 aromatic rings. The lowest BCUT2D eigenvalue weighted by atomic mass is 9.90. The molecular formula is C16H33NO. The van der Waals surface area contributed by atoms with Crippen molar-refractivity contribution in [1.82, 2.24) is 5.32 Å². The third-order valence-corrected chi connectivity index (χ3v) is 4.12. The van der Waals surface area contributed by atoms with Crippen molar-refractivity contribution < 1.29 is 4.74 Å². The van der Waals surface area contributed by atoms with Crippen molar-refractivity contribution in [2.45, 2.75) is 84.1 Å². The molecule has 1 saturated heterocycles. The topological polar surface area (TPSA) is 21.3 Å². The van der Waals surface area contributed by atoms with Gasteiger partial charge in [0.05, 0.1) is 13.3 Å². The van der Waals surface area contributed by atoms with Crippen LogP contribution in [-0.2, 0) is 4.74 Å². The maximum absolute atomic E-state index is 5.34. The smallest absolute Gasteiger partial charge is 0.0968 e. The predicted molar refractivity (Wildman–Crippen MR) is 78.8 cm³/mol. The first-order valence-electron chi connectivity index (χ1n) is 8.18. The second-order valence-corrected chi connectivity index (χ2v) is 5.85. The molecule has 0 radical (unpaired) electrons. The minimum Gasteiger partial charge on any atom is -0.365 e. The van der Waals surface area contributed by atoms with Crippen LogP contribution in [0.1, 0.15) is 78.1 Å². The summed E-state index contributed by atoms with van der Waals surface area (Å²) in [5.74, 6) is 0.981. The Morgan fingerprint density at radius 2 is 1.83 bits per heavy atom. The Morgan fingerprint density at radius 1 is 1.00 bits per heavy atom. The van der Waals surface area contributed by atoms with Gasteiger partial charge >= 0.3 is 0 Å². The number of ether oxygens (including phenoxy) is 1. The van der Waals surface area contributed by atoms with Crippen LogP contribution in [0.15, 0.2) is 0 Å². The van der Waals surface area contributed by atoms with Gasteiger partial charge in [-0.3, -0.25) is 5.32 Å². The molecule has 1 rings (SSSR count). The molecule has 2 atom stereocenters. The number of nitrogens with one attached hydrogen (secondary N) is 1. The third-order valence-electron chi connectivity index (χ3n) is 4.12. The number of unbranched alkanes of at least 4 members (excludes halogenated alkanes) is 3. The van der Waals surface area contributed by atoms with E-state index in [1.54, 1.807) is 0 Å². The molecule has 108 valence electrons. The van der Waals surface area contributed by atoms with Crippen LogP contribution in [0.2, 0.25) is 0 Å². The Balaban J connectivity index is 2.04. The quantitative estimate of drug-likeness (QED) is 0.549. The second-order valence-electron chi connectivity index (χ2n) is 5.85. The SMILES string of the molecule is CCCCCCC(CCC)CCCC1COCN1. The Kier molecular flexibility index (Phi) is 9.59. The lowest BCUT2D eigenvalue weighted by Gasteiger charge is -2.17. The minimum absolute atomic E-state index is 0.632. The van der Waals surface area contributed by atoms with Gasteiger partial charge in [-0.25, -0.2) is 0 Å². The minimum atomic E-state index is 0.632. The summed E-state index contributed by atoms with van der Waals surface area (Å²) in [6.07, 6.45) is 14.0. The Labute approximate surface area is 114 Å². The summed E-state index contributed by atoms with van der Waals surface area (Å²) in [5, 5.41) is 3.40. The van der Waals surface area contributed by atoms with Crippen molar-refractivity contribution >= 4 is 0 Å². The van der Waals surface area contributed by atoms with Crippen molar-refractivity contribution in [2.24, 2.45) is 5.92 Å². The molecule has 0 aromatic carbocycles. The third kappa shape index (κ3) is 7.38. The summed E-state index contributed by atoms with van der Waals surface area (Å²) in [5.41, 5.74) is 0. The van der Waals surface area contributed by atoms with Gasteiger partial charge in [0, 0.05) is 6.04 Å². The van der Waals surface area contributed by atoms with E-state index in [0.717, 1.165) is 19.3 Å². The molecule has 0 bridgehead atoms. The fraction of sp³-hybridized carbons (Fsp3) is 1.00. The Hall–Kier alpha value is -0.0800. The molecule has 18 heavy (non-hydrogen) atoms. The van der Waals surface area contributed by atoms with Crippen LogP contribution in [-0.4, -0.2) is 19.4 Å². The fourth-order valence-electron chi connectivity index (χ4n) is 2.98. The average molecular weight is 255 g/mol. The van der Waals surface area contributed by atoms with Crippen LogP contribution >= 0.6 is 0 Å². The normalized spacial score (nSPS) is 21.3. The molecule has 2 nitrogen and oxygen atoms in total. The highest BCUT2D eigenvalue weighted by Gasteiger charge is 2.15. The molecule has 0 spiro atoms. The van der Waals surface area contributed by atoms with E-state index in [9.17, 15) is 0 Å². The van der Waals surface area contributed by atoms with E-state index >= 15 is 0 Å². The molecule has 1 aliphatic rings. The molecule has 0 aliphatic carbocycles. The average Bonchev–Trinajstić information content (AvgIpc) is 2.87. The van der Waals surface area contributed by atoms with Crippen molar-refractivity contribution in [3.05, 3.63) is 0 Å². The van der Waals surface area contributed by atoms with E-state index in [0.29, 0.717) is 6.04 Å². The lowest BCUT2D eigenvalue weighted by molar-refractivity contribution is 0.188. The van der Waals surface area contributed by atoms with Gasteiger partial charge in [0.15, 0.2) is 0 Å². The molecule has 0 amide bonds. The zero-order chi connectivity index (χ0) is 13.1. The maximum Gasteiger partial charge on any atom is 0.0968 e. The molecule has 2 unspecified atom stereocenters. The number of hydrogen-bond donors (Lipinski definition) is 1. The van der Waals surface area contributed by atoms with Gasteiger partial charge in [-0.15, -0.1) is 0 Å². The first-order chi connectivity index (χ1) is 8.86. The molecule has 0 aromatic heterocycles. The molecule has 2 heteroatoms. The zero-order valence-electron chi connectivity index (χ0n) is 12.5. The zero-order valence-corrected chi connectivity index (χ0v) is 12.5. The summed E-state index contributed by atoms with van der Waals surface area (Å²) in [6.45, 7) is 6.31. The van der Waals surface area contributed by atoms with Crippen LogP contribution in [0.25, 0.3) is 0 Å². The predicted octanol–water partition coefficient (Wildman–Crippen LogP) is 4.49. The van der Waals surface area contributed by atoms with Gasteiger partial charge in [0.2, 0.25) is 0 Å². The first-order valence-corrected chi connectivity index (χ1v) is 8.18. The highest BCUT2D eigenvalue weighted by Crippen LogP contribution is 2.22. The fourth-order valence-corrected chi connectivity index (χ4v) is 2.98.